The smallest absolute Gasteiger partial charge is 0.248 e. The van der Waals surface area contributed by atoms with Gasteiger partial charge in [-0.25, -0.2) is 0 Å². The molecule has 0 spiro atoms. The molecule has 0 radical (unpaired) electrons. The van der Waals surface area contributed by atoms with E-state index in [0.29, 0.717) is 17.1 Å². The third kappa shape index (κ3) is 1.64. The van der Waals surface area contributed by atoms with Crippen LogP contribution in [0, 0.1) is 0 Å². The van der Waals surface area contributed by atoms with Gasteiger partial charge in [0, 0.05) is 11.1 Å². The van der Waals surface area contributed by atoms with E-state index in [4.69, 9.17) is 15.2 Å². The molecule has 3 rings (SSSR count). The number of benzene rings is 1. The van der Waals surface area contributed by atoms with Gasteiger partial charge in [0.25, 0.3) is 0 Å². The zero-order valence-electron chi connectivity index (χ0n) is 8.80. The molecule has 0 saturated carbocycles. The minimum absolute atomic E-state index is 0.175. The van der Waals surface area contributed by atoms with Gasteiger partial charge >= 0.3 is 0 Å². The summed E-state index contributed by atoms with van der Waals surface area (Å²) >= 11 is 1.58. The number of amides is 1. The van der Waals surface area contributed by atoms with E-state index < -0.39 is 5.91 Å². The first-order valence-corrected chi connectivity index (χ1v) is 5.96. The molecule has 4 nitrogen and oxygen atoms in total. The molecule has 1 aromatic carbocycles. The largest absolute Gasteiger partial charge is 0.454 e. The van der Waals surface area contributed by atoms with Crippen molar-refractivity contribution in [2.75, 3.05) is 6.79 Å². The molecule has 17 heavy (non-hydrogen) atoms. The minimum atomic E-state index is -0.472. The third-order valence-electron chi connectivity index (χ3n) is 2.59. The Morgan fingerprint density at radius 2 is 2.24 bits per heavy atom. The van der Waals surface area contributed by atoms with E-state index in [1.165, 1.54) is 0 Å². The summed E-state index contributed by atoms with van der Waals surface area (Å²) in [5, 5.41) is 3.95. The van der Waals surface area contributed by atoms with E-state index >= 15 is 0 Å². The average Bonchev–Trinajstić information content (AvgIpc) is 2.98. The second kappa shape index (κ2) is 3.78. The van der Waals surface area contributed by atoms with Crippen molar-refractivity contribution in [2.24, 2.45) is 5.73 Å². The summed E-state index contributed by atoms with van der Waals surface area (Å²) in [6, 6.07) is 5.31. The number of rotatable bonds is 2. The fraction of sp³-hybridized carbons (Fsp3) is 0.0833. The van der Waals surface area contributed by atoms with Crippen LogP contribution in [0.1, 0.15) is 10.4 Å². The molecular weight excluding hydrogens is 238 g/mol. The normalized spacial score (nSPS) is 12.7. The lowest BCUT2D eigenvalue weighted by molar-refractivity contribution is 0.1000. The highest BCUT2D eigenvalue weighted by Crippen LogP contribution is 2.42. The molecule has 1 amide bonds. The number of nitrogens with two attached hydrogens (primary N) is 1. The van der Waals surface area contributed by atoms with Crippen molar-refractivity contribution in [2.45, 2.75) is 0 Å². The number of primary amides is 1. The summed E-state index contributed by atoms with van der Waals surface area (Å²) in [6.45, 7) is 0.175. The quantitative estimate of drug-likeness (QED) is 0.885. The highest BCUT2D eigenvalue weighted by Gasteiger charge is 2.21. The number of hydrogen-bond acceptors (Lipinski definition) is 4. The number of thiophene rings is 1. The van der Waals surface area contributed by atoms with Crippen LogP contribution < -0.4 is 15.2 Å². The van der Waals surface area contributed by atoms with Crippen LogP contribution in [0.4, 0.5) is 0 Å². The Hall–Kier alpha value is -2.01. The number of carbonyl (C=O) groups excluding carboxylic acids is 1. The zero-order valence-corrected chi connectivity index (χ0v) is 9.62. The number of carbonyl (C=O) groups is 1. The van der Waals surface area contributed by atoms with Crippen LogP contribution in [0.5, 0.6) is 11.5 Å². The fourth-order valence-corrected chi connectivity index (χ4v) is 2.44. The molecular formula is C12H9NO3S. The van der Waals surface area contributed by atoms with E-state index in [0.717, 1.165) is 11.1 Å². The van der Waals surface area contributed by atoms with E-state index in [9.17, 15) is 4.79 Å². The Kier molecular flexibility index (Phi) is 2.26. The van der Waals surface area contributed by atoms with E-state index in [2.05, 4.69) is 0 Å². The molecule has 0 saturated heterocycles. The first kappa shape index (κ1) is 10.2. The number of ether oxygens (including phenoxy) is 2. The SMILES string of the molecule is NC(=O)c1cc2c(c(-c3ccsc3)c1)OCO2. The Morgan fingerprint density at radius 3 is 2.94 bits per heavy atom. The molecule has 0 unspecified atom stereocenters. The second-order valence-corrected chi connectivity index (χ2v) is 4.41. The zero-order chi connectivity index (χ0) is 11.8. The molecule has 2 N–H and O–H groups in total. The van der Waals surface area contributed by atoms with Gasteiger partial charge < -0.3 is 15.2 Å². The lowest BCUT2D eigenvalue weighted by Gasteiger charge is -2.06. The molecule has 0 bridgehead atoms. The maximum atomic E-state index is 11.3. The van der Waals surface area contributed by atoms with Gasteiger partial charge in [-0.15, -0.1) is 0 Å². The van der Waals surface area contributed by atoms with Crippen molar-refractivity contribution in [3.05, 3.63) is 34.5 Å². The van der Waals surface area contributed by atoms with Crippen molar-refractivity contribution in [1.82, 2.24) is 0 Å². The molecule has 86 valence electrons. The summed E-state index contributed by atoms with van der Waals surface area (Å²) in [6.07, 6.45) is 0. The highest BCUT2D eigenvalue weighted by molar-refractivity contribution is 7.08. The van der Waals surface area contributed by atoms with Crippen molar-refractivity contribution in [1.29, 1.82) is 0 Å². The topological polar surface area (TPSA) is 61.6 Å². The predicted molar refractivity (Wildman–Crippen MR) is 64.4 cm³/mol. The second-order valence-electron chi connectivity index (χ2n) is 3.63. The first-order valence-electron chi connectivity index (χ1n) is 5.02. The summed E-state index contributed by atoms with van der Waals surface area (Å²) < 4.78 is 10.7. The van der Waals surface area contributed by atoms with Gasteiger partial charge in [0.15, 0.2) is 11.5 Å². The molecule has 1 aliphatic rings. The van der Waals surface area contributed by atoms with Gasteiger partial charge in [0.05, 0.1) is 0 Å². The van der Waals surface area contributed by atoms with Crippen molar-refractivity contribution < 1.29 is 14.3 Å². The van der Waals surface area contributed by atoms with Crippen LogP contribution in [-0.2, 0) is 0 Å². The summed E-state index contributed by atoms with van der Waals surface area (Å²) in [7, 11) is 0. The van der Waals surface area contributed by atoms with Crippen molar-refractivity contribution in [3.63, 3.8) is 0 Å². The first-order chi connectivity index (χ1) is 8.25. The van der Waals surface area contributed by atoms with Crippen LogP contribution in [-0.4, -0.2) is 12.7 Å². The number of fused-ring (bicyclic) bond motifs is 1. The monoisotopic (exact) mass is 247 g/mol. The van der Waals surface area contributed by atoms with E-state index in [-0.39, 0.29) is 6.79 Å². The average molecular weight is 247 g/mol. The van der Waals surface area contributed by atoms with E-state index in [1.807, 2.05) is 16.8 Å². The lowest BCUT2D eigenvalue weighted by atomic mass is 10.0. The lowest BCUT2D eigenvalue weighted by Crippen LogP contribution is -2.10. The summed E-state index contributed by atoms with van der Waals surface area (Å²) in [5.41, 5.74) is 7.57. The predicted octanol–water partition coefficient (Wildman–Crippen LogP) is 2.24. The molecule has 5 heteroatoms. The Balaban J connectivity index is 2.23. The molecule has 0 fully saturated rings. The number of hydrogen-bond donors (Lipinski definition) is 1. The van der Waals surface area contributed by atoms with Crippen LogP contribution in [0.2, 0.25) is 0 Å². The third-order valence-corrected chi connectivity index (χ3v) is 3.27. The van der Waals surface area contributed by atoms with Gasteiger partial charge in [-0.05, 0) is 34.5 Å². The highest BCUT2D eigenvalue weighted by atomic mass is 32.1. The van der Waals surface area contributed by atoms with Gasteiger partial charge in [0.1, 0.15) is 0 Å². The van der Waals surface area contributed by atoms with Gasteiger partial charge in [-0.1, -0.05) is 0 Å². The van der Waals surface area contributed by atoms with Crippen LogP contribution >= 0.6 is 11.3 Å². The Bertz CT molecular complexity index is 578. The molecule has 2 heterocycles. The van der Waals surface area contributed by atoms with E-state index in [1.54, 1.807) is 23.5 Å². The molecule has 0 atom stereocenters. The molecule has 0 aliphatic carbocycles. The molecule has 2 aromatic rings. The van der Waals surface area contributed by atoms with Gasteiger partial charge in [-0.3, -0.25) is 4.79 Å². The summed E-state index contributed by atoms with van der Waals surface area (Å²) in [4.78, 5) is 11.3. The fourth-order valence-electron chi connectivity index (χ4n) is 1.78. The maximum absolute atomic E-state index is 11.3. The Morgan fingerprint density at radius 1 is 1.35 bits per heavy atom. The van der Waals surface area contributed by atoms with Crippen LogP contribution in [0.25, 0.3) is 11.1 Å². The molecule has 1 aliphatic heterocycles. The Labute approximate surface area is 102 Å². The standard InChI is InChI=1S/C12H9NO3S/c13-12(14)8-3-9(7-1-2-17-5-7)11-10(4-8)15-6-16-11/h1-5H,6H2,(H2,13,14). The van der Waals surface area contributed by atoms with Crippen molar-refractivity contribution >= 4 is 17.2 Å². The van der Waals surface area contributed by atoms with Crippen molar-refractivity contribution in [3.8, 4) is 22.6 Å². The molecule has 1 aromatic heterocycles. The van der Waals surface area contributed by atoms with Gasteiger partial charge in [-0.2, -0.15) is 11.3 Å². The van der Waals surface area contributed by atoms with Crippen LogP contribution in [0.15, 0.2) is 29.0 Å². The van der Waals surface area contributed by atoms with Crippen LogP contribution in [0.3, 0.4) is 0 Å². The minimum Gasteiger partial charge on any atom is -0.454 e. The maximum Gasteiger partial charge on any atom is 0.248 e. The van der Waals surface area contributed by atoms with Gasteiger partial charge in [0.2, 0.25) is 12.7 Å². The summed E-state index contributed by atoms with van der Waals surface area (Å²) in [5.74, 6) is 0.774.